The molecule has 0 radical (unpaired) electrons. The number of amides is 2. The molecular formula is C15H11ClF2N2O2. The summed E-state index contributed by atoms with van der Waals surface area (Å²) in [6.07, 6.45) is 0. The molecule has 7 heteroatoms. The third-order valence-corrected chi connectivity index (χ3v) is 2.98. The van der Waals surface area contributed by atoms with Crippen LogP contribution in [0.4, 0.5) is 20.2 Å². The minimum absolute atomic E-state index is 0.153. The van der Waals surface area contributed by atoms with Gasteiger partial charge in [-0.3, -0.25) is 9.59 Å². The first-order valence-corrected chi connectivity index (χ1v) is 6.57. The van der Waals surface area contributed by atoms with Crippen molar-refractivity contribution in [3.8, 4) is 0 Å². The van der Waals surface area contributed by atoms with Crippen LogP contribution in [0.5, 0.6) is 0 Å². The molecule has 2 amide bonds. The van der Waals surface area contributed by atoms with Crippen molar-refractivity contribution in [2.45, 2.75) is 6.92 Å². The van der Waals surface area contributed by atoms with Crippen molar-refractivity contribution in [2.75, 3.05) is 10.6 Å². The lowest BCUT2D eigenvalue weighted by Crippen LogP contribution is -2.13. The Labute approximate surface area is 130 Å². The molecule has 0 aliphatic carbocycles. The Morgan fingerprint density at radius 1 is 1.00 bits per heavy atom. The van der Waals surface area contributed by atoms with Gasteiger partial charge in [0.2, 0.25) is 5.91 Å². The van der Waals surface area contributed by atoms with Crippen LogP contribution in [0.1, 0.15) is 17.3 Å². The molecule has 0 unspecified atom stereocenters. The summed E-state index contributed by atoms with van der Waals surface area (Å²) in [5.41, 5.74) is 0.567. The summed E-state index contributed by atoms with van der Waals surface area (Å²) in [5, 5.41) is 5.20. The van der Waals surface area contributed by atoms with Crippen molar-refractivity contribution in [1.29, 1.82) is 0 Å². The highest BCUT2D eigenvalue weighted by Gasteiger charge is 2.11. The highest BCUT2D eigenvalue weighted by Crippen LogP contribution is 2.25. The standard InChI is InChI=1S/C15H11ClF2N2O2/c1-8(21)19-14-3-2-12(7-13(14)16)20-15(22)9-4-10(17)6-11(18)5-9/h2-7H,1H3,(H,19,21)(H,20,22). The summed E-state index contributed by atoms with van der Waals surface area (Å²) in [6, 6.07) is 6.95. The summed E-state index contributed by atoms with van der Waals surface area (Å²) in [7, 11) is 0. The number of carbonyl (C=O) groups excluding carboxylic acids is 2. The van der Waals surface area contributed by atoms with E-state index in [9.17, 15) is 18.4 Å². The molecule has 0 fully saturated rings. The van der Waals surface area contributed by atoms with Gasteiger partial charge in [-0.1, -0.05) is 11.6 Å². The number of hydrogen-bond donors (Lipinski definition) is 2. The first-order valence-electron chi connectivity index (χ1n) is 6.20. The molecule has 0 bridgehead atoms. The Balaban J connectivity index is 2.18. The van der Waals surface area contributed by atoms with Gasteiger partial charge < -0.3 is 10.6 Å². The number of hydrogen-bond acceptors (Lipinski definition) is 2. The Morgan fingerprint density at radius 2 is 1.64 bits per heavy atom. The lowest BCUT2D eigenvalue weighted by molar-refractivity contribution is -0.114. The van der Waals surface area contributed by atoms with Crippen LogP contribution < -0.4 is 10.6 Å². The van der Waals surface area contributed by atoms with Gasteiger partial charge in [-0.05, 0) is 30.3 Å². The predicted molar refractivity (Wildman–Crippen MR) is 80.1 cm³/mol. The lowest BCUT2D eigenvalue weighted by Gasteiger charge is -2.09. The second kappa shape index (κ2) is 6.53. The van der Waals surface area contributed by atoms with Crippen molar-refractivity contribution in [1.82, 2.24) is 0 Å². The van der Waals surface area contributed by atoms with Crippen LogP contribution in [0, 0.1) is 11.6 Å². The van der Waals surface area contributed by atoms with Crippen LogP contribution in [0.3, 0.4) is 0 Å². The molecule has 0 aliphatic heterocycles. The van der Waals surface area contributed by atoms with Crippen LogP contribution in [-0.2, 0) is 4.79 Å². The van der Waals surface area contributed by atoms with Gasteiger partial charge in [0.1, 0.15) is 11.6 Å². The van der Waals surface area contributed by atoms with E-state index in [1.54, 1.807) is 0 Å². The molecule has 0 heterocycles. The smallest absolute Gasteiger partial charge is 0.255 e. The quantitative estimate of drug-likeness (QED) is 0.901. The van der Waals surface area contributed by atoms with E-state index >= 15 is 0 Å². The number of halogens is 3. The first-order chi connectivity index (χ1) is 10.3. The van der Waals surface area contributed by atoms with E-state index in [0.717, 1.165) is 12.1 Å². The Kier molecular flexibility index (Phi) is 4.72. The summed E-state index contributed by atoms with van der Waals surface area (Å²) < 4.78 is 26.2. The lowest BCUT2D eigenvalue weighted by atomic mass is 10.2. The van der Waals surface area contributed by atoms with Gasteiger partial charge in [-0.15, -0.1) is 0 Å². The van der Waals surface area contributed by atoms with Gasteiger partial charge in [-0.25, -0.2) is 8.78 Å². The average Bonchev–Trinajstić information content (AvgIpc) is 2.40. The van der Waals surface area contributed by atoms with Gasteiger partial charge in [-0.2, -0.15) is 0 Å². The molecule has 0 aromatic heterocycles. The third-order valence-electron chi connectivity index (χ3n) is 2.66. The normalized spacial score (nSPS) is 10.2. The van der Waals surface area contributed by atoms with Crippen LogP contribution in [-0.4, -0.2) is 11.8 Å². The van der Waals surface area contributed by atoms with Crippen LogP contribution >= 0.6 is 11.6 Å². The number of anilines is 2. The van der Waals surface area contributed by atoms with Crippen molar-refractivity contribution < 1.29 is 18.4 Å². The molecule has 0 aliphatic rings. The molecule has 2 aromatic rings. The van der Waals surface area contributed by atoms with Crippen LogP contribution in [0.15, 0.2) is 36.4 Å². The van der Waals surface area contributed by atoms with Crippen molar-refractivity contribution in [2.24, 2.45) is 0 Å². The van der Waals surface area contributed by atoms with Gasteiger partial charge in [0.25, 0.3) is 5.91 Å². The van der Waals surface area contributed by atoms with Gasteiger partial charge in [0.05, 0.1) is 10.7 Å². The molecule has 2 aromatic carbocycles. The SMILES string of the molecule is CC(=O)Nc1ccc(NC(=O)c2cc(F)cc(F)c2)cc1Cl. The Morgan fingerprint density at radius 3 is 2.18 bits per heavy atom. The maximum absolute atomic E-state index is 13.1. The molecule has 2 rings (SSSR count). The summed E-state index contributed by atoms with van der Waals surface area (Å²) in [4.78, 5) is 22.9. The zero-order chi connectivity index (χ0) is 16.3. The molecule has 2 N–H and O–H groups in total. The van der Waals surface area contributed by atoms with E-state index in [4.69, 9.17) is 11.6 Å². The van der Waals surface area contributed by atoms with E-state index in [-0.39, 0.29) is 16.5 Å². The van der Waals surface area contributed by atoms with Gasteiger partial charge in [0, 0.05) is 24.2 Å². The van der Waals surface area contributed by atoms with Gasteiger partial charge in [0.15, 0.2) is 0 Å². The fraction of sp³-hybridized carbons (Fsp3) is 0.0667. The molecular weight excluding hydrogens is 314 g/mol. The van der Waals surface area contributed by atoms with E-state index in [2.05, 4.69) is 10.6 Å². The molecule has 22 heavy (non-hydrogen) atoms. The summed E-state index contributed by atoms with van der Waals surface area (Å²) in [6.45, 7) is 1.34. The maximum atomic E-state index is 13.1. The second-order valence-corrected chi connectivity index (χ2v) is 4.90. The van der Waals surface area contributed by atoms with E-state index < -0.39 is 17.5 Å². The maximum Gasteiger partial charge on any atom is 0.255 e. The molecule has 114 valence electrons. The molecule has 0 saturated heterocycles. The van der Waals surface area contributed by atoms with E-state index in [1.807, 2.05) is 0 Å². The van der Waals surface area contributed by atoms with Gasteiger partial charge >= 0.3 is 0 Å². The molecule has 4 nitrogen and oxygen atoms in total. The first kappa shape index (κ1) is 15.9. The summed E-state index contributed by atoms with van der Waals surface area (Å²) in [5.74, 6) is -2.65. The largest absolute Gasteiger partial charge is 0.325 e. The van der Waals surface area contributed by atoms with Crippen molar-refractivity contribution in [3.63, 3.8) is 0 Å². The highest BCUT2D eigenvalue weighted by atomic mass is 35.5. The average molecular weight is 325 g/mol. The number of benzene rings is 2. The number of carbonyl (C=O) groups is 2. The second-order valence-electron chi connectivity index (χ2n) is 4.49. The van der Waals surface area contributed by atoms with Crippen LogP contribution in [0.2, 0.25) is 5.02 Å². The topological polar surface area (TPSA) is 58.2 Å². The fourth-order valence-electron chi connectivity index (χ4n) is 1.77. The zero-order valence-corrected chi connectivity index (χ0v) is 12.2. The predicted octanol–water partition coefficient (Wildman–Crippen LogP) is 3.83. The zero-order valence-electron chi connectivity index (χ0n) is 11.4. The van der Waals surface area contributed by atoms with Crippen molar-refractivity contribution >= 4 is 34.8 Å². The van der Waals surface area contributed by atoms with E-state index in [1.165, 1.54) is 25.1 Å². The fourth-order valence-corrected chi connectivity index (χ4v) is 2.00. The Hall–Kier alpha value is -2.47. The minimum Gasteiger partial charge on any atom is -0.325 e. The summed E-state index contributed by atoms with van der Waals surface area (Å²) >= 11 is 5.97. The van der Waals surface area contributed by atoms with Crippen LogP contribution in [0.25, 0.3) is 0 Å². The number of nitrogens with one attached hydrogen (secondary N) is 2. The molecule has 0 spiro atoms. The molecule has 0 saturated carbocycles. The highest BCUT2D eigenvalue weighted by molar-refractivity contribution is 6.34. The minimum atomic E-state index is -0.843. The monoisotopic (exact) mass is 324 g/mol. The molecule has 0 atom stereocenters. The third kappa shape index (κ3) is 4.02. The Bertz CT molecular complexity index is 730. The number of rotatable bonds is 3. The van der Waals surface area contributed by atoms with E-state index in [0.29, 0.717) is 17.4 Å². The van der Waals surface area contributed by atoms with Crippen molar-refractivity contribution in [3.05, 3.63) is 58.6 Å².